The maximum absolute atomic E-state index is 12.9. The summed E-state index contributed by atoms with van der Waals surface area (Å²) in [5, 5.41) is -0.518. The Labute approximate surface area is 109 Å². The van der Waals surface area contributed by atoms with Crippen LogP contribution in [0.25, 0.3) is 0 Å². The normalized spacial score (nSPS) is 11.5. The second-order valence-corrected chi connectivity index (χ2v) is 6.98. The van der Waals surface area contributed by atoms with E-state index in [1.165, 1.54) is 6.07 Å². The molecule has 2 rings (SSSR count). The molecule has 0 fully saturated rings. The highest BCUT2D eigenvalue weighted by molar-refractivity contribution is 7.94. The number of hydrogen-bond donors (Lipinski definition) is 1. The lowest BCUT2D eigenvalue weighted by Gasteiger charge is -2.08. The first-order valence-electron chi connectivity index (χ1n) is 5.23. The number of halogens is 1. The van der Waals surface area contributed by atoms with Gasteiger partial charge in [-0.1, -0.05) is 17.4 Å². The Morgan fingerprint density at radius 2 is 1.72 bits per heavy atom. The molecule has 0 aliphatic carbocycles. The molecular weight excluding hydrogens is 273 g/mol. The van der Waals surface area contributed by atoms with Crippen molar-refractivity contribution in [1.29, 1.82) is 0 Å². The molecule has 1 aromatic heterocycles. The zero-order chi connectivity index (χ0) is 13.3. The molecule has 1 heterocycles. The molecule has 0 amide bonds. The van der Waals surface area contributed by atoms with E-state index in [9.17, 15) is 12.8 Å². The van der Waals surface area contributed by atoms with E-state index in [2.05, 4.69) is 4.72 Å². The van der Waals surface area contributed by atoms with Crippen LogP contribution < -0.4 is 4.72 Å². The van der Waals surface area contributed by atoms with Crippen LogP contribution in [0.3, 0.4) is 0 Å². The number of rotatable bonds is 3. The highest BCUT2D eigenvalue weighted by Gasteiger charge is 2.17. The van der Waals surface area contributed by atoms with Crippen molar-refractivity contribution in [2.75, 3.05) is 4.72 Å². The van der Waals surface area contributed by atoms with E-state index in [-0.39, 0.29) is 4.21 Å². The van der Waals surface area contributed by atoms with Crippen LogP contribution in [0.1, 0.15) is 11.1 Å². The number of benzene rings is 1. The summed E-state index contributed by atoms with van der Waals surface area (Å²) in [4.78, 5) is 0. The van der Waals surface area contributed by atoms with Crippen molar-refractivity contribution in [2.24, 2.45) is 0 Å². The summed E-state index contributed by atoms with van der Waals surface area (Å²) in [5.41, 5.74) is 2.41. The highest BCUT2D eigenvalue weighted by Crippen LogP contribution is 2.23. The van der Waals surface area contributed by atoms with Crippen molar-refractivity contribution in [3.05, 3.63) is 46.6 Å². The van der Waals surface area contributed by atoms with E-state index in [1.54, 1.807) is 12.1 Å². The van der Waals surface area contributed by atoms with Gasteiger partial charge in [0, 0.05) is 5.69 Å². The average molecular weight is 285 g/mol. The molecule has 0 atom stereocenters. The van der Waals surface area contributed by atoms with E-state index in [0.29, 0.717) is 17.0 Å². The van der Waals surface area contributed by atoms with Crippen LogP contribution in [0.2, 0.25) is 0 Å². The van der Waals surface area contributed by atoms with Crippen LogP contribution in [0.4, 0.5) is 10.1 Å². The molecule has 0 spiro atoms. The maximum atomic E-state index is 12.9. The SMILES string of the molecule is Cc1cc(C)cc(NS(=O)(=O)c2ccc(F)s2)c1. The predicted octanol–water partition coefficient (Wildman–Crippen LogP) is 3.30. The average Bonchev–Trinajstić information content (AvgIpc) is 2.62. The first-order valence-corrected chi connectivity index (χ1v) is 7.53. The Kier molecular flexibility index (Phi) is 3.41. The molecule has 0 bridgehead atoms. The molecule has 3 nitrogen and oxygen atoms in total. The van der Waals surface area contributed by atoms with Crippen LogP contribution in [0, 0.1) is 19.0 Å². The molecule has 0 radical (unpaired) electrons. The molecule has 1 aromatic carbocycles. The van der Waals surface area contributed by atoms with Gasteiger partial charge in [-0.2, -0.15) is 4.39 Å². The fraction of sp³-hybridized carbons (Fsp3) is 0.167. The molecule has 0 aliphatic heterocycles. The van der Waals surface area contributed by atoms with Crippen molar-refractivity contribution in [3.63, 3.8) is 0 Å². The standard InChI is InChI=1S/C12H12FNO2S2/c1-8-5-9(2)7-10(6-8)14-18(15,16)12-4-3-11(13)17-12/h3-7,14H,1-2H3. The lowest BCUT2D eigenvalue weighted by Crippen LogP contribution is -2.11. The number of anilines is 1. The van der Waals surface area contributed by atoms with Gasteiger partial charge in [0.05, 0.1) is 0 Å². The second-order valence-electron chi connectivity index (χ2n) is 4.04. The third-order valence-electron chi connectivity index (χ3n) is 2.29. The number of hydrogen-bond acceptors (Lipinski definition) is 3. The van der Waals surface area contributed by atoms with Gasteiger partial charge in [-0.05, 0) is 49.2 Å². The van der Waals surface area contributed by atoms with Crippen molar-refractivity contribution in [3.8, 4) is 0 Å². The van der Waals surface area contributed by atoms with Gasteiger partial charge in [-0.25, -0.2) is 8.42 Å². The Bertz CT molecular complexity index is 657. The van der Waals surface area contributed by atoms with Crippen molar-refractivity contribution >= 4 is 27.0 Å². The Hall–Kier alpha value is -1.40. The highest BCUT2D eigenvalue weighted by atomic mass is 32.2. The van der Waals surface area contributed by atoms with E-state index in [0.717, 1.165) is 17.2 Å². The van der Waals surface area contributed by atoms with Crippen LogP contribution in [-0.4, -0.2) is 8.42 Å². The number of nitrogens with one attached hydrogen (secondary N) is 1. The van der Waals surface area contributed by atoms with Crippen LogP contribution in [0.5, 0.6) is 0 Å². The van der Waals surface area contributed by atoms with Crippen LogP contribution in [-0.2, 0) is 10.0 Å². The lowest BCUT2D eigenvalue weighted by molar-refractivity contribution is 0.603. The minimum absolute atomic E-state index is 0.0286. The zero-order valence-electron chi connectivity index (χ0n) is 9.90. The molecule has 2 aromatic rings. The number of sulfonamides is 1. The van der Waals surface area contributed by atoms with Gasteiger partial charge in [0.15, 0.2) is 5.13 Å². The summed E-state index contributed by atoms with van der Waals surface area (Å²) in [5.74, 6) is 0. The fourth-order valence-electron chi connectivity index (χ4n) is 1.68. The fourth-order valence-corrected chi connectivity index (χ4v) is 3.72. The second kappa shape index (κ2) is 4.70. The van der Waals surface area contributed by atoms with Crippen LogP contribution >= 0.6 is 11.3 Å². The summed E-state index contributed by atoms with van der Waals surface area (Å²) in [6, 6.07) is 7.80. The summed E-state index contributed by atoms with van der Waals surface area (Å²) in [6.45, 7) is 3.77. The van der Waals surface area contributed by atoms with E-state index < -0.39 is 15.2 Å². The Balaban J connectivity index is 2.33. The molecule has 0 unspecified atom stereocenters. The lowest BCUT2D eigenvalue weighted by atomic mass is 10.1. The zero-order valence-corrected chi connectivity index (χ0v) is 11.5. The van der Waals surface area contributed by atoms with Crippen molar-refractivity contribution in [1.82, 2.24) is 0 Å². The van der Waals surface area contributed by atoms with Gasteiger partial charge in [0.1, 0.15) is 4.21 Å². The minimum atomic E-state index is -3.70. The third kappa shape index (κ3) is 2.88. The first kappa shape index (κ1) is 13.0. The van der Waals surface area contributed by atoms with Crippen LogP contribution in [0.15, 0.2) is 34.5 Å². The molecule has 6 heteroatoms. The molecular formula is C12H12FNO2S2. The van der Waals surface area contributed by atoms with Crippen molar-refractivity contribution in [2.45, 2.75) is 18.1 Å². The predicted molar refractivity (Wildman–Crippen MR) is 71.0 cm³/mol. The third-order valence-corrected chi connectivity index (χ3v) is 5.03. The molecule has 96 valence electrons. The van der Waals surface area contributed by atoms with Gasteiger partial charge in [0.25, 0.3) is 10.0 Å². The first-order chi connectivity index (χ1) is 8.37. The maximum Gasteiger partial charge on any atom is 0.271 e. The van der Waals surface area contributed by atoms with E-state index in [1.807, 2.05) is 19.9 Å². The van der Waals surface area contributed by atoms with Gasteiger partial charge in [0.2, 0.25) is 0 Å². The number of thiophene rings is 1. The van der Waals surface area contributed by atoms with E-state index >= 15 is 0 Å². The molecule has 0 aliphatic rings. The largest absolute Gasteiger partial charge is 0.279 e. The van der Waals surface area contributed by atoms with Gasteiger partial charge in [-0.3, -0.25) is 4.72 Å². The summed E-state index contributed by atoms with van der Waals surface area (Å²) >= 11 is 0.605. The van der Waals surface area contributed by atoms with Gasteiger partial charge in [-0.15, -0.1) is 0 Å². The summed E-state index contributed by atoms with van der Waals surface area (Å²) in [6.07, 6.45) is 0. The number of aryl methyl sites for hydroxylation is 2. The molecule has 1 N–H and O–H groups in total. The Morgan fingerprint density at radius 1 is 1.11 bits per heavy atom. The molecule has 18 heavy (non-hydrogen) atoms. The molecule has 0 saturated carbocycles. The smallest absolute Gasteiger partial charge is 0.271 e. The summed E-state index contributed by atoms with van der Waals surface area (Å²) in [7, 11) is -3.70. The molecule has 0 saturated heterocycles. The minimum Gasteiger partial charge on any atom is -0.279 e. The Morgan fingerprint density at radius 3 is 2.22 bits per heavy atom. The van der Waals surface area contributed by atoms with E-state index in [4.69, 9.17) is 0 Å². The van der Waals surface area contributed by atoms with Gasteiger partial charge >= 0.3 is 0 Å². The quantitative estimate of drug-likeness (QED) is 0.940. The van der Waals surface area contributed by atoms with Gasteiger partial charge < -0.3 is 0 Å². The van der Waals surface area contributed by atoms with Crippen molar-refractivity contribution < 1.29 is 12.8 Å². The summed E-state index contributed by atoms with van der Waals surface area (Å²) < 4.78 is 39.2. The monoisotopic (exact) mass is 285 g/mol. The topological polar surface area (TPSA) is 46.2 Å².